The first-order valence-electron chi connectivity index (χ1n) is 10.5. The van der Waals surface area contributed by atoms with Crippen LogP contribution in [0.15, 0.2) is 30.6 Å². The monoisotopic (exact) mass is 380 g/mol. The molecule has 0 radical (unpaired) electrons. The zero-order chi connectivity index (χ0) is 19.1. The van der Waals surface area contributed by atoms with Crippen LogP contribution in [0.1, 0.15) is 49.4 Å². The second-order valence-corrected chi connectivity index (χ2v) is 8.86. The number of hydrogen-bond acceptors (Lipinski definition) is 4. The number of carbonyl (C=O) groups is 1. The molecule has 28 heavy (non-hydrogen) atoms. The quantitative estimate of drug-likeness (QED) is 0.773. The Hall–Kier alpha value is -2.37. The number of benzene rings is 1. The minimum Gasteiger partial charge on any atom is -0.497 e. The molecule has 6 nitrogen and oxygen atoms in total. The van der Waals surface area contributed by atoms with Crippen LogP contribution in [0.5, 0.6) is 5.75 Å². The lowest BCUT2D eigenvalue weighted by Crippen LogP contribution is -2.38. The van der Waals surface area contributed by atoms with E-state index in [9.17, 15) is 4.79 Å². The van der Waals surface area contributed by atoms with E-state index in [1.807, 2.05) is 30.6 Å². The van der Waals surface area contributed by atoms with Crippen molar-refractivity contribution in [3.05, 3.63) is 42.0 Å². The molecule has 3 fully saturated rings. The van der Waals surface area contributed by atoms with Crippen LogP contribution in [-0.4, -0.2) is 45.8 Å². The van der Waals surface area contributed by atoms with Gasteiger partial charge in [0, 0.05) is 25.6 Å². The van der Waals surface area contributed by atoms with Crippen molar-refractivity contribution in [1.82, 2.24) is 19.7 Å². The van der Waals surface area contributed by atoms with E-state index in [2.05, 4.69) is 19.7 Å². The van der Waals surface area contributed by atoms with Gasteiger partial charge in [-0.25, -0.2) is 0 Å². The molecule has 1 aromatic carbocycles. The summed E-state index contributed by atoms with van der Waals surface area (Å²) in [4.78, 5) is 15.1. The van der Waals surface area contributed by atoms with E-state index in [1.54, 1.807) is 7.11 Å². The average molecular weight is 380 g/mol. The first-order chi connectivity index (χ1) is 13.7. The second kappa shape index (κ2) is 6.90. The molecule has 5 rings (SSSR count). The van der Waals surface area contributed by atoms with Gasteiger partial charge in [0.2, 0.25) is 5.91 Å². The van der Waals surface area contributed by atoms with E-state index in [0.717, 1.165) is 42.7 Å². The number of hydrogen-bond donors (Lipinski definition) is 0. The number of nitrogens with zero attached hydrogens (tertiary/aromatic N) is 4. The molecule has 6 heteroatoms. The molecule has 1 aromatic heterocycles. The van der Waals surface area contributed by atoms with E-state index >= 15 is 0 Å². The fraction of sp³-hybridized carbons (Fsp3) is 0.591. The lowest BCUT2D eigenvalue weighted by atomic mass is 9.62. The molecule has 3 aliphatic rings. The number of methoxy groups -OCH3 is 1. The molecule has 2 aliphatic carbocycles. The maximum Gasteiger partial charge on any atom is 0.227 e. The van der Waals surface area contributed by atoms with Crippen molar-refractivity contribution >= 4 is 5.91 Å². The average Bonchev–Trinajstić information content (AvgIpc) is 3.21. The van der Waals surface area contributed by atoms with Crippen molar-refractivity contribution in [2.75, 3.05) is 20.2 Å². The highest BCUT2D eigenvalue weighted by Gasteiger charge is 2.53. The Morgan fingerprint density at radius 1 is 1.32 bits per heavy atom. The summed E-state index contributed by atoms with van der Waals surface area (Å²) in [7, 11) is 1.66. The lowest BCUT2D eigenvalue weighted by Gasteiger charge is -2.42. The molecule has 2 saturated carbocycles. The summed E-state index contributed by atoms with van der Waals surface area (Å²) >= 11 is 0. The molecule has 1 spiro atoms. The van der Waals surface area contributed by atoms with Gasteiger partial charge < -0.3 is 14.2 Å². The third-order valence-electron chi connectivity index (χ3n) is 6.95. The summed E-state index contributed by atoms with van der Waals surface area (Å²) in [6.07, 6.45) is 8.59. The van der Waals surface area contributed by atoms with Gasteiger partial charge in [0.25, 0.3) is 0 Å². The third-order valence-corrected chi connectivity index (χ3v) is 6.95. The van der Waals surface area contributed by atoms with E-state index in [-0.39, 0.29) is 11.3 Å². The number of aromatic nitrogens is 3. The SMILES string of the molecule is COc1cccc(CC(=O)N2CC(c3nncn3CC3CC3)C3(CCC3)C2)c1. The Balaban J connectivity index is 1.33. The zero-order valence-corrected chi connectivity index (χ0v) is 16.5. The zero-order valence-electron chi connectivity index (χ0n) is 16.5. The van der Waals surface area contributed by atoms with Crippen LogP contribution in [0.25, 0.3) is 0 Å². The minimum absolute atomic E-state index is 0.204. The summed E-state index contributed by atoms with van der Waals surface area (Å²) in [5.74, 6) is 3.21. The third kappa shape index (κ3) is 3.19. The van der Waals surface area contributed by atoms with Crippen LogP contribution in [0.3, 0.4) is 0 Å². The molecule has 148 valence electrons. The number of likely N-dealkylation sites (tertiary alicyclic amines) is 1. The Labute approximate surface area is 165 Å². The normalized spacial score (nSPS) is 23.0. The van der Waals surface area contributed by atoms with Gasteiger partial charge in [0.05, 0.1) is 13.5 Å². The number of rotatable bonds is 6. The number of amides is 1. The van der Waals surface area contributed by atoms with E-state index in [1.165, 1.54) is 32.1 Å². The molecule has 1 atom stereocenters. The maximum atomic E-state index is 13.1. The van der Waals surface area contributed by atoms with Gasteiger partial charge in [0.15, 0.2) is 0 Å². The highest BCUT2D eigenvalue weighted by atomic mass is 16.5. The maximum absolute atomic E-state index is 13.1. The van der Waals surface area contributed by atoms with Crippen molar-refractivity contribution in [3.8, 4) is 5.75 Å². The van der Waals surface area contributed by atoms with E-state index < -0.39 is 0 Å². The summed E-state index contributed by atoms with van der Waals surface area (Å²) in [5, 5.41) is 8.74. The van der Waals surface area contributed by atoms with E-state index in [0.29, 0.717) is 12.3 Å². The number of ether oxygens (including phenoxy) is 1. The molecule has 1 saturated heterocycles. The van der Waals surface area contributed by atoms with Gasteiger partial charge in [-0.2, -0.15) is 0 Å². The largest absolute Gasteiger partial charge is 0.497 e. The summed E-state index contributed by atoms with van der Waals surface area (Å²) in [6.45, 7) is 2.66. The van der Waals surface area contributed by atoms with Crippen LogP contribution < -0.4 is 4.74 Å². The summed E-state index contributed by atoms with van der Waals surface area (Å²) < 4.78 is 7.56. The molecule has 0 bridgehead atoms. The Bertz CT molecular complexity index is 869. The van der Waals surface area contributed by atoms with Gasteiger partial charge in [0.1, 0.15) is 17.9 Å². The van der Waals surface area contributed by atoms with Crippen molar-refractivity contribution in [1.29, 1.82) is 0 Å². The highest BCUT2D eigenvalue weighted by molar-refractivity contribution is 5.79. The topological polar surface area (TPSA) is 60.2 Å². The van der Waals surface area contributed by atoms with Gasteiger partial charge in [-0.05, 0) is 54.7 Å². The Kier molecular flexibility index (Phi) is 4.37. The Morgan fingerprint density at radius 3 is 2.89 bits per heavy atom. The first kappa shape index (κ1) is 17.7. The van der Waals surface area contributed by atoms with Crippen LogP contribution in [-0.2, 0) is 17.8 Å². The molecule has 0 N–H and O–H groups in total. The fourth-order valence-electron chi connectivity index (χ4n) is 4.97. The molecule has 1 unspecified atom stereocenters. The molecule has 2 aromatic rings. The molecule has 1 amide bonds. The Morgan fingerprint density at radius 2 is 2.18 bits per heavy atom. The highest BCUT2D eigenvalue weighted by Crippen LogP contribution is 2.55. The van der Waals surface area contributed by atoms with Crippen LogP contribution in [0, 0.1) is 11.3 Å². The van der Waals surface area contributed by atoms with Crippen molar-refractivity contribution in [2.24, 2.45) is 11.3 Å². The molecule has 2 heterocycles. The van der Waals surface area contributed by atoms with Gasteiger partial charge in [-0.1, -0.05) is 18.6 Å². The van der Waals surface area contributed by atoms with Gasteiger partial charge in [-0.15, -0.1) is 10.2 Å². The van der Waals surface area contributed by atoms with Crippen LogP contribution in [0.2, 0.25) is 0 Å². The standard InChI is InChI=1S/C22H28N4O2/c1-28-18-5-2-4-17(10-18)11-20(27)25-13-19(22(14-25)8-3-9-22)21-24-23-15-26(21)12-16-6-7-16/h2,4-5,10,15-16,19H,3,6-9,11-14H2,1H3. The molecular weight excluding hydrogens is 352 g/mol. The van der Waals surface area contributed by atoms with E-state index in [4.69, 9.17) is 4.74 Å². The lowest BCUT2D eigenvalue weighted by molar-refractivity contribution is -0.130. The first-order valence-corrected chi connectivity index (χ1v) is 10.5. The predicted molar refractivity (Wildman–Crippen MR) is 105 cm³/mol. The van der Waals surface area contributed by atoms with Crippen molar-refractivity contribution < 1.29 is 9.53 Å². The summed E-state index contributed by atoms with van der Waals surface area (Å²) in [6, 6.07) is 7.81. The second-order valence-electron chi connectivity index (χ2n) is 8.86. The van der Waals surface area contributed by atoms with Crippen molar-refractivity contribution in [3.63, 3.8) is 0 Å². The fourth-order valence-corrected chi connectivity index (χ4v) is 4.97. The van der Waals surface area contributed by atoms with Gasteiger partial charge >= 0.3 is 0 Å². The number of carbonyl (C=O) groups excluding carboxylic acids is 1. The molecule has 1 aliphatic heterocycles. The van der Waals surface area contributed by atoms with Crippen LogP contribution >= 0.6 is 0 Å². The smallest absolute Gasteiger partial charge is 0.227 e. The van der Waals surface area contributed by atoms with Crippen molar-refractivity contribution in [2.45, 2.75) is 51.0 Å². The predicted octanol–water partition coefficient (Wildman–Crippen LogP) is 3.04. The summed E-state index contributed by atoms with van der Waals surface area (Å²) in [5.41, 5.74) is 1.21. The van der Waals surface area contributed by atoms with Crippen LogP contribution in [0.4, 0.5) is 0 Å². The molecular formula is C22H28N4O2. The van der Waals surface area contributed by atoms with Gasteiger partial charge in [-0.3, -0.25) is 4.79 Å². The minimum atomic E-state index is 0.204.